The molecule has 0 atom stereocenters. The van der Waals surface area contributed by atoms with Crippen LogP contribution in [-0.4, -0.2) is 23.9 Å². The Bertz CT molecular complexity index is 206. The van der Waals surface area contributed by atoms with Gasteiger partial charge in [0.2, 0.25) is 0 Å². The topological polar surface area (TPSA) is 307 Å². The summed E-state index contributed by atoms with van der Waals surface area (Å²) in [5, 5.41) is 37.1. The van der Waals surface area contributed by atoms with Crippen LogP contribution in [0, 0.1) is 0 Å². The van der Waals surface area contributed by atoms with Crippen LogP contribution >= 0.6 is 0 Å². The third kappa shape index (κ3) is 67.8. The van der Waals surface area contributed by atoms with E-state index in [-0.39, 0.29) is 24.6 Å². The standard InChI is InChI=1S/2C3H4O4.4H3N/c2*4-2(5)1-3(6)7;;;;/h2*1H2,(H,4,5)(H,6,7);4*1H3. The number of hydrogen-bond acceptors (Lipinski definition) is 8. The predicted molar refractivity (Wildman–Crippen MR) is 53.2 cm³/mol. The van der Waals surface area contributed by atoms with E-state index in [2.05, 4.69) is 0 Å². The van der Waals surface area contributed by atoms with Crippen LogP contribution in [0.2, 0.25) is 0 Å². The van der Waals surface area contributed by atoms with Crippen LogP contribution in [-0.2, 0) is 19.2 Å². The van der Waals surface area contributed by atoms with E-state index in [1.54, 1.807) is 0 Å². The fourth-order valence-corrected chi connectivity index (χ4v) is 0.236. The van der Waals surface area contributed by atoms with Crippen LogP contribution in [0.4, 0.5) is 0 Å². The maximum Gasteiger partial charge on any atom is 0.0470 e. The molecule has 16 N–H and O–H groups in total. The molecule has 12 heteroatoms. The second-order valence-electron chi connectivity index (χ2n) is 1.84. The van der Waals surface area contributed by atoms with Gasteiger partial charge in [0.05, 0.1) is 0 Å². The van der Waals surface area contributed by atoms with Crippen molar-refractivity contribution in [2.45, 2.75) is 12.8 Å². The first-order valence-electron chi connectivity index (χ1n) is 3.05. The Balaban J connectivity index is -0.0000000327. The van der Waals surface area contributed by atoms with E-state index in [9.17, 15) is 39.6 Å². The summed E-state index contributed by atoms with van der Waals surface area (Å²) in [5.41, 5.74) is 0. The molecule has 0 aromatic carbocycles. The van der Waals surface area contributed by atoms with Crippen molar-refractivity contribution in [1.82, 2.24) is 24.6 Å². The fourth-order valence-electron chi connectivity index (χ4n) is 0.236. The summed E-state index contributed by atoms with van der Waals surface area (Å²) >= 11 is 0. The van der Waals surface area contributed by atoms with Crippen LogP contribution < -0.4 is 45.0 Å². The number of carboxylic acid groups (broad SMARTS) is 4. The minimum atomic E-state index is -1.63. The zero-order valence-corrected chi connectivity index (χ0v) is 10.7. The lowest BCUT2D eigenvalue weighted by atomic mass is 10.5. The molecule has 0 saturated heterocycles. The predicted octanol–water partition coefficient (Wildman–Crippen LogP) is -4.74. The summed E-state index contributed by atoms with van der Waals surface area (Å²) < 4.78 is 0. The first kappa shape index (κ1) is 36.1. The Morgan fingerprint density at radius 2 is 0.611 bits per heavy atom. The van der Waals surface area contributed by atoms with Gasteiger partial charge in [0.15, 0.2) is 0 Å². The number of aliphatic carboxylic acids is 4. The van der Waals surface area contributed by atoms with Crippen LogP contribution in [0.25, 0.3) is 0 Å². The Kier molecular flexibility index (Phi) is 40.4. The largest absolute Gasteiger partial charge is 0.550 e. The second-order valence-corrected chi connectivity index (χ2v) is 1.84. The average Bonchev–Trinajstić information content (AvgIpc) is 1.79. The van der Waals surface area contributed by atoms with Crippen molar-refractivity contribution in [3.63, 3.8) is 0 Å². The average molecular weight is 276 g/mol. The molecule has 0 saturated carbocycles. The van der Waals surface area contributed by atoms with Crippen molar-refractivity contribution in [2.75, 3.05) is 0 Å². The molecule has 0 aliphatic heterocycles. The summed E-state index contributed by atoms with van der Waals surface area (Å²) in [4.78, 5) is 37.1. The molecule has 0 bridgehead atoms. The zero-order valence-electron chi connectivity index (χ0n) is 10.7. The molecule has 0 amide bonds. The number of carbonyl (C=O) groups is 4. The van der Waals surface area contributed by atoms with E-state index >= 15 is 0 Å². The van der Waals surface area contributed by atoms with E-state index in [1.165, 1.54) is 0 Å². The molecule has 112 valence electrons. The van der Waals surface area contributed by atoms with Gasteiger partial charge in [0, 0.05) is 36.7 Å². The number of carbonyl (C=O) groups excluding carboxylic acids is 4. The highest BCUT2D eigenvalue weighted by molar-refractivity contribution is 5.86. The zero-order chi connectivity index (χ0) is 11.7. The Labute approximate surface area is 102 Å². The monoisotopic (exact) mass is 276 g/mol. The van der Waals surface area contributed by atoms with E-state index in [1.807, 2.05) is 0 Å². The Morgan fingerprint density at radius 1 is 0.500 bits per heavy atom. The van der Waals surface area contributed by atoms with Gasteiger partial charge in [-0.2, -0.15) is 0 Å². The minimum Gasteiger partial charge on any atom is -0.550 e. The van der Waals surface area contributed by atoms with Gasteiger partial charge in [-0.05, 0) is 0 Å². The lowest BCUT2D eigenvalue weighted by Crippen LogP contribution is -2.32. The second kappa shape index (κ2) is 20.2. The SMILES string of the molecule is O=C([O-])CC(=O)[O-].O=C([O-])CC(=O)[O-].[NH4+].[NH4+].[NH4+].[NH4+]. The molecule has 0 aliphatic rings. The maximum absolute atomic E-state index is 9.28. The van der Waals surface area contributed by atoms with Crippen molar-refractivity contribution >= 4 is 23.9 Å². The highest BCUT2D eigenvalue weighted by Gasteiger charge is 1.82. The smallest absolute Gasteiger partial charge is 0.0470 e. The molecule has 12 nitrogen and oxygen atoms in total. The van der Waals surface area contributed by atoms with Crippen molar-refractivity contribution in [3.05, 3.63) is 0 Å². The Morgan fingerprint density at radius 3 is 0.611 bits per heavy atom. The molecule has 18 heavy (non-hydrogen) atoms. The van der Waals surface area contributed by atoms with Gasteiger partial charge in [-0.15, -0.1) is 0 Å². The van der Waals surface area contributed by atoms with Gasteiger partial charge < -0.3 is 64.2 Å². The van der Waals surface area contributed by atoms with Crippen LogP contribution in [0.3, 0.4) is 0 Å². The summed E-state index contributed by atoms with van der Waals surface area (Å²) in [5.74, 6) is -6.50. The quantitative estimate of drug-likeness (QED) is 0.360. The van der Waals surface area contributed by atoms with Gasteiger partial charge in [0.1, 0.15) is 0 Å². The first-order valence-corrected chi connectivity index (χ1v) is 3.05. The fraction of sp³-hybridized carbons (Fsp3) is 0.333. The van der Waals surface area contributed by atoms with E-state index in [0.717, 1.165) is 0 Å². The molecule has 0 fully saturated rings. The number of rotatable bonds is 4. The Hall–Kier alpha value is -2.28. The lowest BCUT2D eigenvalue weighted by molar-refractivity contribution is -0.325. The molecule has 0 spiro atoms. The third-order valence-corrected chi connectivity index (χ3v) is 0.577. The normalized spacial score (nSPS) is 6.22. The van der Waals surface area contributed by atoms with E-state index < -0.39 is 36.7 Å². The minimum absolute atomic E-state index is 0. The molecule has 0 unspecified atom stereocenters. The molecule has 0 aromatic rings. The first-order chi connectivity index (χ1) is 6.25. The van der Waals surface area contributed by atoms with Crippen molar-refractivity contribution in [1.29, 1.82) is 0 Å². The molecule has 0 radical (unpaired) electrons. The van der Waals surface area contributed by atoms with Crippen LogP contribution in [0.5, 0.6) is 0 Å². The van der Waals surface area contributed by atoms with Gasteiger partial charge >= 0.3 is 0 Å². The molecular formula is C6H20N4O8. The number of carboxylic acids is 4. The highest BCUT2D eigenvalue weighted by atomic mass is 16.4. The molecular weight excluding hydrogens is 256 g/mol. The van der Waals surface area contributed by atoms with Gasteiger partial charge in [-0.3, -0.25) is 0 Å². The van der Waals surface area contributed by atoms with Crippen molar-refractivity contribution in [2.24, 2.45) is 0 Å². The molecule has 0 aromatic heterocycles. The van der Waals surface area contributed by atoms with E-state index in [4.69, 9.17) is 0 Å². The summed E-state index contributed by atoms with van der Waals surface area (Å²) in [6.45, 7) is 0. The lowest BCUT2D eigenvalue weighted by Gasteiger charge is -1.99. The van der Waals surface area contributed by atoms with Crippen LogP contribution in [0.15, 0.2) is 0 Å². The highest BCUT2D eigenvalue weighted by Crippen LogP contribution is 1.66. The molecule has 0 heterocycles. The maximum atomic E-state index is 9.28. The summed E-state index contributed by atoms with van der Waals surface area (Å²) in [6.07, 6.45) is -2.06. The summed E-state index contributed by atoms with van der Waals surface area (Å²) in [6, 6.07) is 0. The van der Waals surface area contributed by atoms with Crippen molar-refractivity contribution in [3.8, 4) is 0 Å². The van der Waals surface area contributed by atoms with Crippen molar-refractivity contribution < 1.29 is 39.6 Å². The van der Waals surface area contributed by atoms with Gasteiger partial charge in [-0.1, -0.05) is 0 Å². The summed E-state index contributed by atoms with van der Waals surface area (Å²) in [7, 11) is 0. The molecule has 0 rings (SSSR count). The van der Waals surface area contributed by atoms with Gasteiger partial charge in [-0.25, -0.2) is 0 Å². The molecule has 0 aliphatic carbocycles. The number of quaternary nitrogens is 4. The van der Waals surface area contributed by atoms with Gasteiger partial charge in [0.25, 0.3) is 0 Å². The number of hydrogen-bond donors (Lipinski definition) is 4. The third-order valence-electron chi connectivity index (χ3n) is 0.577. The van der Waals surface area contributed by atoms with E-state index in [0.29, 0.717) is 0 Å². The van der Waals surface area contributed by atoms with Crippen LogP contribution in [0.1, 0.15) is 12.8 Å².